The normalized spacial score (nSPS) is 15.0. The van der Waals surface area contributed by atoms with Gasteiger partial charge >= 0.3 is 5.97 Å². The van der Waals surface area contributed by atoms with Crippen LogP contribution in [0.15, 0.2) is 64.6 Å². The zero-order chi connectivity index (χ0) is 21.4. The van der Waals surface area contributed by atoms with Crippen LogP contribution in [-0.4, -0.2) is 22.9 Å². The lowest BCUT2D eigenvalue weighted by atomic mass is 10.1. The topological polar surface area (TPSA) is 99.9 Å². The smallest absolute Gasteiger partial charge is 0.337 e. The van der Waals surface area contributed by atoms with Gasteiger partial charge in [-0.1, -0.05) is 29.3 Å². The van der Waals surface area contributed by atoms with Gasteiger partial charge in [0.15, 0.2) is 0 Å². The van der Waals surface area contributed by atoms with Crippen LogP contribution in [0.3, 0.4) is 0 Å². The predicted octanol–water partition coefficient (Wildman–Crippen LogP) is 4.41. The Labute approximate surface area is 180 Å². The molecule has 0 aliphatic carbocycles. The van der Waals surface area contributed by atoms with E-state index in [9.17, 15) is 19.5 Å². The number of carboxylic acids is 1. The van der Waals surface area contributed by atoms with Crippen LogP contribution in [0.25, 0.3) is 17.4 Å². The van der Waals surface area contributed by atoms with Crippen molar-refractivity contribution in [2.45, 2.75) is 0 Å². The Hall–Kier alpha value is -3.55. The SMILES string of the molecule is O=C1NN(c2cccc(Cl)c2)C(=O)C1=Cc1ccc(-c2ccc(Cl)c(C(=O)O)c2)o1. The van der Waals surface area contributed by atoms with Crippen molar-refractivity contribution in [1.82, 2.24) is 5.43 Å². The fourth-order valence-corrected chi connectivity index (χ4v) is 3.31. The molecule has 150 valence electrons. The number of hydrogen-bond acceptors (Lipinski definition) is 4. The number of aromatic carboxylic acids is 1. The molecule has 0 saturated carbocycles. The van der Waals surface area contributed by atoms with E-state index in [4.69, 9.17) is 27.6 Å². The molecule has 0 radical (unpaired) electrons. The van der Waals surface area contributed by atoms with Crippen LogP contribution in [0.1, 0.15) is 16.1 Å². The first kappa shape index (κ1) is 19.8. The Kier molecular flexibility index (Phi) is 5.07. The summed E-state index contributed by atoms with van der Waals surface area (Å²) in [6, 6.07) is 14.1. The summed E-state index contributed by atoms with van der Waals surface area (Å²) >= 11 is 11.8. The molecule has 2 amide bonds. The van der Waals surface area contributed by atoms with Crippen LogP contribution < -0.4 is 10.4 Å². The third kappa shape index (κ3) is 3.68. The van der Waals surface area contributed by atoms with Crippen LogP contribution in [0.5, 0.6) is 0 Å². The van der Waals surface area contributed by atoms with Gasteiger partial charge < -0.3 is 9.52 Å². The van der Waals surface area contributed by atoms with E-state index in [1.165, 1.54) is 18.2 Å². The molecular weight excluding hydrogens is 431 g/mol. The fourth-order valence-electron chi connectivity index (χ4n) is 2.92. The van der Waals surface area contributed by atoms with E-state index < -0.39 is 17.8 Å². The minimum atomic E-state index is -1.16. The first-order valence-electron chi connectivity index (χ1n) is 8.59. The van der Waals surface area contributed by atoms with Crippen molar-refractivity contribution in [2.75, 3.05) is 5.01 Å². The summed E-state index contributed by atoms with van der Waals surface area (Å²) < 4.78 is 5.68. The molecule has 0 bridgehead atoms. The second kappa shape index (κ2) is 7.70. The quantitative estimate of drug-likeness (QED) is 0.460. The molecule has 30 heavy (non-hydrogen) atoms. The van der Waals surface area contributed by atoms with Gasteiger partial charge in [-0.3, -0.25) is 15.0 Å². The molecule has 2 N–H and O–H groups in total. The number of carbonyl (C=O) groups is 3. The number of hydrazine groups is 1. The molecule has 1 aliphatic rings. The maximum absolute atomic E-state index is 12.7. The molecule has 1 saturated heterocycles. The van der Waals surface area contributed by atoms with Crippen molar-refractivity contribution in [1.29, 1.82) is 0 Å². The van der Waals surface area contributed by atoms with E-state index in [0.717, 1.165) is 5.01 Å². The van der Waals surface area contributed by atoms with E-state index in [1.807, 2.05) is 0 Å². The molecule has 4 rings (SSSR count). The third-order valence-electron chi connectivity index (χ3n) is 4.35. The Morgan fingerprint density at radius 1 is 1.07 bits per heavy atom. The molecule has 0 spiro atoms. The predicted molar refractivity (Wildman–Crippen MR) is 111 cm³/mol. The first-order chi connectivity index (χ1) is 14.3. The highest BCUT2D eigenvalue weighted by molar-refractivity contribution is 6.34. The number of furan rings is 1. The molecule has 1 fully saturated rings. The summed E-state index contributed by atoms with van der Waals surface area (Å²) in [7, 11) is 0. The van der Waals surface area contributed by atoms with E-state index in [2.05, 4.69) is 5.43 Å². The number of amides is 2. The molecule has 7 nitrogen and oxygen atoms in total. The van der Waals surface area contributed by atoms with Gasteiger partial charge in [-0.2, -0.15) is 0 Å². The summed E-state index contributed by atoms with van der Waals surface area (Å²) in [5.41, 5.74) is 3.22. The van der Waals surface area contributed by atoms with Crippen molar-refractivity contribution in [3.63, 3.8) is 0 Å². The van der Waals surface area contributed by atoms with E-state index >= 15 is 0 Å². The largest absolute Gasteiger partial charge is 0.478 e. The summed E-state index contributed by atoms with van der Waals surface area (Å²) in [4.78, 5) is 36.2. The first-order valence-corrected chi connectivity index (χ1v) is 9.35. The summed E-state index contributed by atoms with van der Waals surface area (Å²) in [6.07, 6.45) is 1.32. The number of rotatable bonds is 4. The van der Waals surface area contributed by atoms with Gasteiger partial charge in [0.05, 0.1) is 16.3 Å². The Morgan fingerprint density at radius 3 is 2.60 bits per heavy atom. The summed E-state index contributed by atoms with van der Waals surface area (Å²) in [6.45, 7) is 0. The standard InChI is InChI=1S/C21H12Cl2N2O5/c22-12-2-1-3-13(9-12)25-20(27)16(19(26)24-25)10-14-5-7-18(30-14)11-4-6-17(23)15(8-11)21(28)29/h1-10H,(H,24,26)(H,28,29). The molecule has 1 aliphatic heterocycles. The van der Waals surface area contributed by atoms with Crippen LogP contribution in [0.2, 0.25) is 10.0 Å². The van der Waals surface area contributed by atoms with Gasteiger partial charge in [0.25, 0.3) is 11.8 Å². The minimum Gasteiger partial charge on any atom is -0.478 e. The minimum absolute atomic E-state index is 0.0621. The molecule has 2 aromatic carbocycles. The summed E-state index contributed by atoms with van der Waals surface area (Å²) in [5, 5.41) is 10.8. The molecule has 0 unspecified atom stereocenters. The lowest BCUT2D eigenvalue weighted by molar-refractivity contribution is -0.117. The number of carboxylic acid groups (broad SMARTS) is 1. The van der Waals surface area contributed by atoms with Gasteiger partial charge in [-0.15, -0.1) is 0 Å². The highest BCUT2D eigenvalue weighted by Gasteiger charge is 2.34. The fraction of sp³-hybridized carbons (Fsp3) is 0. The zero-order valence-corrected chi connectivity index (χ0v) is 16.6. The second-order valence-electron chi connectivity index (χ2n) is 6.32. The van der Waals surface area contributed by atoms with E-state index in [1.54, 1.807) is 42.5 Å². The average Bonchev–Trinajstić information content (AvgIpc) is 3.28. The Morgan fingerprint density at radius 2 is 1.87 bits per heavy atom. The maximum atomic E-state index is 12.7. The Bertz CT molecular complexity index is 1230. The molecule has 1 aromatic heterocycles. The number of hydrogen-bond donors (Lipinski definition) is 2. The van der Waals surface area contributed by atoms with E-state index in [0.29, 0.717) is 22.0 Å². The molecule has 2 heterocycles. The van der Waals surface area contributed by atoms with Gasteiger partial charge in [0, 0.05) is 10.6 Å². The highest BCUT2D eigenvalue weighted by atomic mass is 35.5. The summed E-state index contributed by atoms with van der Waals surface area (Å²) in [5.74, 6) is -1.69. The molecule has 0 atom stereocenters. The van der Waals surface area contributed by atoms with Crippen molar-refractivity contribution in [3.05, 3.63) is 81.5 Å². The van der Waals surface area contributed by atoms with Crippen LogP contribution >= 0.6 is 23.2 Å². The third-order valence-corrected chi connectivity index (χ3v) is 4.92. The second-order valence-corrected chi connectivity index (χ2v) is 7.16. The highest BCUT2D eigenvalue weighted by Crippen LogP contribution is 2.29. The lowest BCUT2D eigenvalue weighted by Gasteiger charge is -2.14. The maximum Gasteiger partial charge on any atom is 0.337 e. The molecular formula is C21H12Cl2N2O5. The molecule has 9 heteroatoms. The average molecular weight is 443 g/mol. The number of anilines is 1. The molecule has 3 aromatic rings. The zero-order valence-electron chi connectivity index (χ0n) is 15.1. The van der Waals surface area contributed by atoms with Crippen LogP contribution in [-0.2, 0) is 9.59 Å². The van der Waals surface area contributed by atoms with Crippen molar-refractivity contribution >= 4 is 52.7 Å². The van der Waals surface area contributed by atoms with Crippen molar-refractivity contribution in [2.24, 2.45) is 0 Å². The number of halogens is 2. The lowest BCUT2D eigenvalue weighted by Crippen LogP contribution is -2.35. The number of carbonyl (C=O) groups excluding carboxylic acids is 2. The Balaban J connectivity index is 1.63. The van der Waals surface area contributed by atoms with Gasteiger partial charge in [-0.05, 0) is 54.6 Å². The number of benzene rings is 2. The van der Waals surface area contributed by atoms with Gasteiger partial charge in [-0.25, -0.2) is 9.80 Å². The van der Waals surface area contributed by atoms with E-state index in [-0.39, 0.29) is 21.9 Å². The monoisotopic (exact) mass is 442 g/mol. The van der Waals surface area contributed by atoms with Gasteiger partial charge in [0.1, 0.15) is 17.1 Å². The number of nitrogens with zero attached hydrogens (tertiary/aromatic N) is 1. The van der Waals surface area contributed by atoms with Gasteiger partial charge in [0.2, 0.25) is 0 Å². The number of nitrogens with one attached hydrogen (secondary N) is 1. The van der Waals surface area contributed by atoms with Crippen LogP contribution in [0.4, 0.5) is 5.69 Å². The van der Waals surface area contributed by atoms with Crippen molar-refractivity contribution < 1.29 is 23.9 Å². The van der Waals surface area contributed by atoms with Crippen molar-refractivity contribution in [3.8, 4) is 11.3 Å². The van der Waals surface area contributed by atoms with Crippen LogP contribution in [0, 0.1) is 0 Å².